The number of carbonyl (C=O) groups excluding carboxylic acids is 3. The smallest absolute Gasteiger partial charge is 0.311 e. The minimum Gasteiger partial charge on any atom is -0.455 e. The largest absolute Gasteiger partial charge is 0.455 e. The second-order valence-electron chi connectivity index (χ2n) is 8.79. The van der Waals surface area contributed by atoms with Gasteiger partial charge in [-0.1, -0.05) is 24.4 Å². The third-order valence-corrected chi connectivity index (χ3v) is 8.46. The van der Waals surface area contributed by atoms with E-state index in [9.17, 15) is 22.8 Å². The third kappa shape index (κ3) is 5.67. The van der Waals surface area contributed by atoms with Gasteiger partial charge in [-0.15, -0.1) is 0 Å². The molecule has 2 saturated heterocycles. The fraction of sp³-hybridized carbons (Fsp3) is 0.591. The highest BCUT2D eigenvalue weighted by atomic mass is 35.5. The second kappa shape index (κ2) is 9.99. The highest BCUT2D eigenvalue weighted by molar-refractivity contribution is 7.89. The van der Waals surface area contributed by atoms with Crippen LogP contribution in [0.2, 0.25) is 5.02 Å². The Balaban J connectivity index is 1.35. The van der Waals surface area contributed by atoms with E-state index in [4.69, 9.17) is 16.3 Å². The van der Waals surface area contributed by atoms with Crippen LogP contribution in [0.1, 0.15) is 44.9 Å². The van der Waals surface area contributed by atoms with Crippen LogP contribution in [0.3, 0.4) is 0 Å². The lowest BCUT2D eigenvalue weighted by molar-refractivity contribution is -0.151. The summed E-state index contributed by atoms with van der Waals surface area (Å²) in [6.07, 6.45) is 5.64. The van der Waals surface area contributed by atoms with Gasteiger partial charge in [-0.25, -0.2) is 8.42 Å². The number of amides is 2. The molecule has 2 heterocycles. The molecule has 1 saturated carbocycles. The fourth-order valence-corrected chi connectivity index (χ4v) is 5.97. The number of ether oxygens (including phenoxy) is 1. The van der Waals surface area contributed by atoms with Gasteiger partial charge in [-0.2, -0.15) is 4.31 Å². The van der Waals surface area contributed by atoms with Crippen molar-refractivity contribution in [3.8, 4) is 0 Å². The zero-order valence-corrected chi connectivity index (χ0v) is 19.9. The Bertz CT molecular complexity index is 1030. The number of carbonyl (C=O) groups is 3. The molecule has 1 N–H and O–H groups in total. The van der Waals surface area contributed by atoms with Gasteiger partial charge in [0.25, 0.3) is 5.91 Å². The van der Waals surface area contributed by atoms with Gasteiger partial charge in [0.05, 0.1) is 21.5 Å². The van der Waals surface area contributed by atoms with Crippen LogP contribution in [0, 0.1) is 5.92 Å². The topological polar surface area (TPSA) is 113 Å². The molecule has 0 spiro atoms. The van der Waals surface area contributed by atoms with Crippen LogP contribution in [0.5, 0.6) is 0 Å². The van der Waals surface area contributed by atoms with E-state index in [0.29, 0.717) is 19.6 Å². The molecule has 3 aliphatic rings. The normalized spacial score (nSPS) is 22.2. The lowest BCUT2D eigenvalue weighted by atomic mass is 10.1. The van der Waals surface area contributed by atoms with Crippen molar-refractivity contribution >= 4 is 45.1 Å². The van der Waals surface area contributed by atoms with Gasteiger partial charge < -0.3 is 15.0 Å². The van der Waals surface area contributed by atoms with E-state index in [1.54, 1.807) is 4.90 Å². The lowest BCUT2D eigenvalue weighted by Crippen LogP contribution is -2.32. The summed E-state index contributed by atoms with van der Waals surface area (Å²) in [6, 6.07) is 4.40. The van der Waals surface area contributed by atoms with Crippen LogP contribution in [0.15, 0.2) is 23.1 Å². The van der Waals surface area contributed by atoms with E-state index in [-0.39, 0.29) is 34.0 Å². The Kier molecular flexibility index (Phi) is 7.25. The molecule has 33 heavy (non-hydrogen) atoms. The van der Waals surface area contributed by atoms with Crippen molar-refractivity contribution in [3.05, 3.63) is 23.2 Å². The van der Waals surface area contributed by atoms with Crippen LogP contribution < -0.4 is 5.32 Å². The lowest BCUT2D eigenvalue weighted by Gasteiger charge is -2.20. The highest BCUT2D eigenvalue weighted by Crippen LogP contribution is 2.33. The first-order chi connectivity index (χ1) is 15.8. The molecular formula is C22H28ClN3O6S. The summed E-state index contributed by atoms with van der Waals surface area (Å²) in [6.45, 7) is 0.702. The Morgan fingerprint density at radius 2 is 1.82 bits per heavy atom. The summed E-state index contributed by atoms with van der Waals surface area (Å²) >= 11 is 6.16. The third-order valence-electron chi connectivity index (χ3n) is 6.24. The maximum absolute atomic E-state index is 13.0. The number of halogens is 1. The molecule has 1 atom stereocenters. The number of hydrogen-bond donors (Lipinski definition) is 1. The van der Waals surface area contributed by atoms with E-state index in [2.05, 4.69) is 5.32 Å². The van der Waals surface area contributed by atoms with Gasteiger partial charge in [-0.05, 0) is 43.9 Å². The summed E-state index contributed by atoms with van der Waals surface area (Å²) in [4.78, 5) is 38.4. The standard InChI is InChI=1S/C22H28ClN3O6S/c23-18-8-7-17(33(30,31)25-9-3-1-2-4-10-25)12-19(18)24-20(27)14-32-22(29)15-11-21(28)26(13-15)16-5-6-16/h7-8,12,15-16H,1-6,9-11,13-14H2,(H,24,27). The summed E-state index contributed by atoms with van der Waals surface area (Å²) in [5.41, 5.74) is 0.129. The number of sulfonamides is 1. The first-order valence-corrected chi connectivity index (χ1v) is 13.1. The van der Waals surface area contributed by atoms with Crippen molar-refractivity contribution in [1.82, 2.24) is 9.21 Å². The number of hydrogen-bond acceptors (Lipinski definition) is 6. The fourth-order valence-electron chi connectivity index (χ4n) is 4.26. The predicted molar refractivity (Wildman–Crippen MR) is 121 cm³/mol. The van der Waals surface area contributed by atoms with Crippen molar-refractivity contribution in [2.45, 2.75) is 55.9 Å². The number of benzene rings is 1. The van der Waals surface area contributed by atoms with Crippen LogP contribution in [-0.2, 0) is 29.1 Å². The number of likely N-dealkylation sites (tertiary alicyclic amines) is 1. The summed E-state index contributed by atoms with van der Waals surface area (Å²) < 4.78 is 32.6. The molecule has 1 aromatic rings. The average molecular weight is 498 g/mol. The SMILES string of the molecule is O=C(COC(=O)C1CC(=O)N(C2CC2)C1)Nc1cc(S(=O)(=O)N2CCCCCC2)ccc1Cl. The van der Waals surface area contributed by atoms with Gasteiger partial charge >= 0.3 is 5.97 Å². The molecule has 0 aromatic heterocycles. The van der Waals surface area contributed by atoms with E-state index in [0.717, 1.165) is 38.5 Å². The average Bonchev–Trinajstić information content (AvgIpc) is 3.59. The molecule has 11 heteroatoms. The highest BCUT2D eigenvalue weighted by Gasteiger charge is 2.42. The van der Waals surface area contributed by atoms with Gasteiger partial charge in [0.2, 0.25) is 15.9 Å². The Labute approximate surface area is 198 Å². The Hall–Kier alpha value is -2.17. The van der Waals surface area contributed by atoms with Crippen molar-refractivity contribution in [1.29, 1.82) is 0 Å². The van der Waals surface area contributed by atoms with E-state index in [1.165, 1.54) is 22.5 Å². The number of nitrogens with zero attached hydrogens (tertiary/aromatic N) is 2. The number of esters is 1. The molecule has 2 aliphatic heterocycles. The second-order valence-corrected chi connectivity index (χ2v) is 11.1. The number of nitrogens with one attached hydrogen (secondary N) is 1. The molecule has 180 valence electrons. The molecule has 0 radical (unpaired) electrons. The minimum atomic E-state index is -3.71. The van der Waals surface area contributed by atoms with Crippen molar-refractivity contribution in [2.75, 3.05) is 31.6 Å². The molecule has 9 nitrogen and oxygen atoms in total. The van der Waals surface area contributed by atoms with Crippen molar-refractivity contribution < 1.29 is 27.5 Å². The summed E-state index contributed by atoms with van der Waals surface area (Å²) in [5.74, 6) is -1.86. The van der Waals surface area contributed by atoms with Crippen molar-refractivity contribution in [2.24, 2.45) is 5.92 Å². The van der Waals surface area contributed by atoms with Crippen LogP contribution in [0.4, 0.5) is 5.69 Å². The van der Waals surface area contributed by atoms with Crippen LogP contribution in [0.25, 0.3) is 0 Å². The maximum Gasteiger partial charge on any atom is 0.311 e. The number of anilines is 1. The molecular weight excluding hydrogens is 470 g/mol. The molecule has 0 bridgehead atoms. The van der Waals surface area contributed by atoms with Gasteiger partial charge in [0.15, 0.2) is 6.61 Å². The molecule has 1 aliphatic carbocycles. The van der Waals surface area contributed by atoms with Crippen LogP contribution in [-0.4, -0.2) is 67.7 Å². The zero-order chi connectivity index (χ0) is 23.6. The molecule has 1 unspecified atom stereocenters. The molecule has 3 fully saturated rings. The van der Waals surface area contributed by atoms with E-state index in [1.807, 2.05) is 0 Å². The molecule has 2 amide bonds. The first-order valence-electron chi connectivity index (χ1n) is 11.3. The van der Waals surface area contributed by atoms with Crippen LogP contribution >= 0.6 is 11.6 Å². The first kappa shape index (κ1) is 24.0. The Morgan fingerprint density at radius 1 is 1.12 bits per heavy atom. The Morgan fingerprint density at radius 3 is 2.48 bits per heavy atom. The van der Waals surface area contributed by atoms with Gasteiger partial charge in [0, 0.05) is 32.1 Å². The zero-order valence-electron chi connectivity index (χ0n) is 18.3. The van der Waals surface area contributed by atoms with Crippen molar-refractivity contribution in [3.63, 3.8) is 0 Å². The molecule has 4 rings (SSSR count). The molecule has 1 aromatic carbocycles. The van der Waals surface area contributed by atoms with Gasteiger partial charge in [-0.3, -0.25) is 14.4 Å². The quantitative estimate of drug-likeness (QED) is 0.579. The monoisotopic (exact) mass is 497 g/mol. The van der Waals surface area contributed by atoms with E-state index < -0.39 is 34.4 Å². The van der Waals surface area contributed by atoms with E-state index >= 15 is 0 Å². The summed E-state index contributed by atoms with van der Waals surface area (Å²) in [7, 11) is -3.71. The number of rotatable bonds is 7. The predicted octanol–water partition coefficient (Wildman–Crippen LogP) is 2.40. The summed E-state index contributed by atoms with van der Waals surface area (Å²) in [5, 5.41) is 2.69. The maximum atomic E-state index is 13.0. The minimum absolute atomic E-state index is 0.0470. The van der Waals surface area contributed by atoms with Gasteiger partial charge in [0.1, 0.15) is 0 Å².